The second-order valence-corrected chi connectivity index (χ2v) is 7.07. The molecule has 0 radical (unpaired) electrons. The lowest BCUT2D eigenvalue weighted by atomic mass is 10.2. The van der Waals surface area contributed by atoms with Crippen LogP contribution in [0.2, 0.25) is 0 Å². The van der Waals surface area contributed by atoms with Crippen molar-refractivity contribution in [2.75, 3.05) is 27.2 Å². The first-order valence-electron chi connectivity index (χ1n) is 6.86. The minimum Gasteiger partial charge on any atom is -0.377 e. The van der Waals surface area contributed by atoms with Gasteiger partial charge in [0.2, 0.25) is 10.0 Å². The van der Waals surface area contributed by atoms with Crippen molar-refractivity contribution in [2.45, 2.75) is 30.4 Å². The van der Waals surface area contributed by atoms with Crippen molar-refractivity contribution in [3.05, 3.63) is 29.8 Å². The Labute approximate surface area is 121 Å². The number of nitrogens with zero attached hydrogens (tertiary/aromatic N) is 1. The number of nitrogens with one attached hydrogen (secondary N) is 1. The highest BCUT2D eigenvalue weighted by atomic mass is 32.2. The van der Waals surface area contributed by atoms with Crippen LogP contribution in [0.25, 0.3) is 0 Å². The molecule has 0 saturated carbocycles. The first-order chi connectivity index (χ1) is 9.55. The Morgan fingerprint density at radius 1 is 1.40 bits per heavy atom. The predicted octanol–water partition coefficient (Wildman–Crippen LogP) is 1.21. The standard InChI is InChI=1S/C14H22N2O3S/c1-15-10-12-6-3-4-8-14(12)20(17,18)16(2)11-13-7-5-9-19-13/h3-4,6,8,13,15H,5,7,9-11H2,1-2H3. The topological polar surface area (TPSA) is 58.6 Å². The van der Waals surface area contributed by atoms with E-state index in [2.05, 4.69) is 5.32 Å². The Bertz CT molecular complexity index is 539. The van der Waals surface area contributed by atoms with Crippen LogP contribution in [0.5, 0.6) is 0 Å². The summed E-state index contributed by atoms with van der Waals surface area (Å²) in [6.07, 6.45) is 1.96. The molecule has 20 heavy (non-hydrogen) atoms. The Morgan fingerprint density at radius 3 is 2.80 bits per heavy atom. The highest BCUT2D eigenvalue weighted by molar-refractivity contribution is 7.89. The zero-order valence-electron chi connectivity index (χ0n) is 12.0. The molecule has 1 unspecified atom stereocenters. The second kappa shape index (κ2) is 6.67. The zero-order chi connectivity index (χ0) is 14.6. The van der Waals surface area contributed by atoms with Gasteiger partial charge in [0.1, 0.15) is 0 Å². The Morgan fingerprint density at radius 2 is 2.15 bits per heavy atom. The molecule has 0 amide bonds. The molecule has 1 fully saturated rings. The molecule has 0 aliphatic carbocycles. The molecule has 1 aromatic carbocycles. The lowest BCUT2D eigenvalue weighted by Gasteiger charge is -2.22. The third-order valence-corrected chi connectivity index (χ3v) is 5.44. The molecule has 1 heterocycles. The van der Waals surface area contributed by atoms with E-state index in [0.717, 1.165) is 25.0 Å². The van der Waals surface area contributed by atoms with Gasteiger partial charge in [0.25, 0.3) is 0 Å². The van der Waals surface area contributed by atoms with Crippen LogP contribution >= 0.6 is 0 Å². The van der Waals surface area contributed by atoms with Crippen LogP contribution < -0.4 is 5.32 Å². The summed E-state index contributed by atoms with van der Waals surface area (Å²) in [7, 11) is -0.0427. The molecule has 2 rings (SSSR count). The van der Waals surface area contributed by atoms with E-state index in [-0.39, 0.29) is 6.10 Å². The Hall–Kier alpha value is -0.950. The fourth-order valence-corrected chi connectivity index (χ4v) is 3.85. The van der Waals surface area contributed by atoms with Gasteiger partial charge in [-0.05, 0) is 31.5 Å². The molecule has 5 nitrogen and oxygen atoms in total. The molecule has 1 aliphatic rings. The summed E-state index contributed by atoms with van der Waals surface area (Å²) in [5.41, 5.74) is 0.786. The van der Waals surface area contributed by atoms with E-state index in [0.29, 0.717) is 18.0 Å². The molecule has 1 atom stereocenters. The summed E-state index contributed by atoms with van der Waals surface area (Å²) in [6, 6.07) is 7.11. The van der Waals surface area contributed by atoms with E-state index in [1.165, 1.54) is 4.31 Å². The van der Waals surface area contributed by atoms with Crippen molar-refractivity contribution in [2.24, 2.45) is 0 Å². The lowest BCUT2D eigenvalue weighted by Crippen LogP contribution is -2.34. The summed E-state index contributed by atoms with van der Waals surface area (Å²) < 4.78 is 32.2. The molecule has 0 spiro atoms. The number of sulfonamides is 1. The molecular formula is C14H22N2O3S. The Balaban J connectivity index is 2.20. The summed E-state index contributed by atoms with van der Waals surface area (Å²) in [5, 5.41) is 3.00. The van der Waals surface area contributed by atoms with Crippen LogP contribution in [0, 0.1) is 0 Å². The summed E-state index contributed by atoms with van der Waals surface area (Å²) >= 11 is 0. The van der Waals surface area contributed by atoms with Crippen molar-refractivity contribution in [3.8, 4) is 0 Å². The number of benzene rings is 1. The molecule has 1 N–H and O–H groups in total. The van der Waals surface area contributed by atoms with Crippen molar-refractivity contribution in [3.63, 3.8) is 0 Å². The van der Waals surface area contributed by atoms with Crippen molar-refractivity contribution < 1.29 is 13.2 Å². The van der Waals surface area contributed by atoms with Crippen LogP contribution in [-0.4, -0.2) is 46.1 Å². The summed E-state index contributed by atoms with van der Waals surface area (Å²) in [6.45, 7) is 1.67. The van der Waals surface area contributed by atoms with Gasteiger partial charge in [-0.2, -0.15) is 4.31 Å². The van der Waals surface area contributed by atoms with E-state index in [9.17, 15) is 8.42 Å². The normalized spacial score (nSPS) is 19.6. The molecule has 1 aromatic rings. The molecule has 1 aliphatic heterocycles. The molecule has 0 aromatic heterocycles. The van der Waals surface area contributed by atoms with Gasteiger partial charge in [0, 0.05) is 26.7 Å². The number of ether oxygens (including phenoxy) is 1. The maximum Gasteiger partial charge on any atom is 0.243 e. The van der Waals surface area contributed by atoms with E-state index in [4.69, 9.17) is 4.74 Å². The maximum absolute atomic E-state index is 12.7. The van der Waals surface area contributed by atoms with Gasteiger partial charge in [-0.25, -0.2) is 8.42 Å². The van der Waals surface area contributed by atoms with Gasteiger partial charge in [-0.3, -0.25) is 0 Å². The van der Waals surface area contributed by atoms with Gasteiger partial charge >= 0.3 is 0 Å². The van der Waals surface area contributed by atoms with Gasteiger partial charge < -0.3 is 10.1 Å². The first kappa shape index (κ1) is 15.4. The van der Waals surface area contributed by atoms with Gasteiger partial charge in [-0.1, -0.05) is 18.2 Å². The minimum atomic E-state index is -3.47. The first-order valence-corrected chi connectivity index (χ1v) is 8.30. The van der Waals surface area contributed by atoms with Crippen LogP contribution in [0.3, 0.4) is 0 Å². The fourth-order valence-electron chi connectivity index (χ4n) is 2.43. The van der Waals surface area contributed by atoms with E-state index in [1.807, 2.05) is 12.1 Å². The SMILES string of the molecule is CNCc1ccccc1S(=O)(=O)N(C)CC1CCCO1. The highest BCUT2D eigenvalue weighted by Gasteiger charge is 2.27. The largest absolute Gasteiger partial charge is 0.377 e. The molecule has 0 bridgehead atoms. The monoisotopic (exact) mass is 298 g/mol. The third kappa shape index (κ3) is 3.38. The van der Waals surface area contributed by atoms with Crippen LogP contribution in [0.1, 0.15) is 18.4 Å². The van der Waals surface area contributed by atoms with Gasteiger partial charge in [-0.15, -0.1) is 0 Å². The predicted molar refractivity (Wildman–Crippen MR) is 78.0 cm³/mol. The average molecular weight is 298 g/mol. The molecule has 112 valence electrons. The minimum absolute atomic E-state index is 0.0197. The van der Waals surface area contributed by atoms with Crippen molar-refractivity contribution in [1.29, 1.82) is 0 Å². The van der Waals surface area contributed by atoms with E-state index >= 15 is 0 Å². The molecular weight excluding hydrogens is 276 g/mol. The van der Waals surface area contributed by atoms with Gasteiger partial charge in [0.15, 0.2) is 0 Å². The smallest absolute Gasteiger partial charge is 0.243 e. The van der Waals surface area contributed by atoms with Crippen LogP contribution in [-0.2, 0) is 21.3 Å². The van der Waals surface area contributed by atoms with Crippen LogP contribution in [0.15, 0.2) is 29.2 Å². The fraction of sp³-hybridized carbons (Fsp3) is 0.571. The molecule has 1 saturated heterocycles. The third-order valence-electron chi connectivity index (χ3n) is 3.51. The van der Waals surface area contributed by atoms with E-state index in [1.54, 1.807) is 26.2 Å². The van der Waals surface area contributed by atoms with Crippen molar-refractivity contribution >= 4 is 10.0 Å². The lowest BCUT2D eigenvalue weighted by molar-refractivity contribution is 0.0979. The Kier molecular flexibility index (Phi) is 5.15. The summed E-state index contributed by atoms with van der Waals surface area (Å²) in [5.74, 6) is 0. The quantitative estimate of drug-likeness (QED) is 0.857. The second-order valence-electron chi connectivity index (χ2n) is 5.06. The number of hydrogen-bond donors (Lipinski definition) is 1. The summed E-state index contributed by atoms with van der Waals surface area (Å²) in [4.78, 5) is 0.370. The maximum atomic E-state index is 12.7. The van der Waals surface area contributed by atoms with Crippen molar-refractivity contribution in [1.82, 2.24) is 9.62 Å². The van der Waals surface area contributed by atoms with E-state index < -0.39 is 10.0 Å². The zero-order valence-corrected chi connectivity index (χ0v) is 12.8. The average Bonchev–Trinajstić information content (AvgIpc) is 2.92. The number of hydrogen-bond acceptors (Lipinski definition) is 4. The van der Waals surface area contributed by atoms with Gasteiger partial charge in [0.05, 0.1) is 11.0 Å². The number of rotatable bonds is 6. The highest BCUT2D eigenvalue weighted by Crippen LogP contribution is 2.21. The van der Waals surface area contributed by atoms with Crippen LogP contribution in [0.4, 0.5) is 0 Å². The number of likely N-dealkylation sites (N-methyl/N-ethyl adjacent to an activating group) is 1. The molecule has 6 heteroatoms.